The first kappa shape index (κ1) is 13.3. The minimum Gasteiger partial charge on any atom is -0.383 e. The maximum atomic E-state index is 12.4. The van der Waals surface area contributed by atoms with Gasteiger partial charge >= 0.3 is 5.69 Å². The van der Waals surface area contributed by atoms with Gasteiger partial charge in [0.2, 0.25) is 0 Å². The van der Waals surface area contributed by atoms with Crippen molar-refractivity contribution in [1.82, 2.24) is 14.1 Å². The molecular formula is C13H15N5O3. The summed E-state index contributed by atoms with van der Waals surface area (Å²) in [7, 11) is 0. The Morgan fingerprint density at radius 2 is 2.10 bits per heavy atom. The van der Waals surface area contributed by atoms with Crippen LogP contribution in [-0.4, -0.2) is 20.0 Å². The van der Waals surface area contributed by atoms with Crippen LogP contribution in [-0.2, 0) is 6.54 Å². The van der Waals surface area contributed by atoms with Crippen LogP contribution in [0.3, 0.4) is 0 Å². The molecule has 4 N–H and O–H groups in total. The van der Waals surface area contributed by atoms with Gasteiger partial charge in [-0.25, -0.2) is 9.78 Å². The Kier molecular flexibility index (Phi) is 2.82. The lowest BCUT2D eigenvalue weighted by atomic mass is 10.2. The van der Waals surface area contributed by atoms with Crippen LogP contribution in [0, 0.1) is 0 Å². The number of fused-ring (bicyclic) bond motifs is 1. The van der Waals surface area contributed by atoms with Crippen molar-refractivity contribution < 1.29 is 4.79 Å². The van der Waals surface area contributed by atoms with E-state index in [9.17, 15) is 14.4 Å². The Balaban J connectivity index is 2.50. The maximum absolute atomic E-state index is 12.4. The van der Waals surface area contributed by atoms with E-state index < -0.39 is 17.2 Å². The second-order valence-electron chi connectivity index (χ2n) is 5.09. The van der Waals surface area contributed by atoms with E-state index in [2.05, 4.69) is 4.98 Å². The quantitative estimate of drug-likeness (QED) is 0.794. The van der Waals surface area contributed by atoms with E-state index in [0.29, 0.717) is 0 Å². The van der Waals surface area contributed by atoms with Gasteiger partial charge in [0, 0.05) is 12.6 Å². The third-order valence-corrected chi connectivity index (χ3v) is 3.67. The van der Waals surface area contributed by atoms with Crippen LogP contribution in [0.1, 0.15) is 36.2 Å². The summed E-state index contributed by atoms with van der Waals surface area (Å²) in [4.78, 5) is 40.2. The molecule has 0 aliphatic heterocycles. The Bertz CT molecular complexity index is 876. The molecule has 1 amide bonds. The highest BCUT2D eigenvalue weighted by Crippen LogP contribution is 2.35. The van der Waals surface area contributed by atoms with E-state index in [-0.39, 0.29) is 35.0 Å². The third kappa shape index (κ3) is 1.91. The van der Waals surface area contributed by atoms with Gasteiger partial charge in [-0.15, -0.1) is 0 Å². The summed E-state index contributed by atoms with van der Waals surface area (Å²) in [6.45, 7) is 1.96. The Hall–Kier alpha value is -2.64. The number of anilines is 1. The molecule has 0 bridgehead atoms. The number of carbonyl (C=O) groups excluding carboxylic acids is 1. The number of amides is 1. The molecule has 2 aromatic heterocycles. The summed E-state index contributed by atoms with van der Waals surface area (Å²) in [5.41, 5.74) is 10.3. The second kappa shape index (κ2) is 4.44. The Morgan fingerprint density at radius 3 is 2.62 bits per heavy atom. The van der Waals surface area contributed by atoms with E-state index in [4.69, 9.17) is 11.5 Å². The van der Waals surface area contributed by atoms with Gasteiger partial charge in [0.1, 0.15) is 5.82 Å². The summed E-state index contributed by atoms with van der Waals surface area (Å²) >= 11 is 0. The smallest absolute Gasteiger partial charge is 0.332 e. The molecule has 8 heteroatoms. The van der Waals surface area contributed by atoms with Crippen molar-refractivity contribution in [3.63, 3.8) is 0 Å². The molecule has 0 aromatic carbocycles. The van der Waals surface area contributed by atoms with Crippen LogP contribution in [0.15, 0.2) is 15.7 Å². The van der Waals surface area contributed by atoms with Gasteiger partial charge in [0.15, 0.2) is 5.65 Å². The number of nitrogens with zero attached hydrogens (tertiary/aromatic N) is 3. The van der Waals surface area contributed by atoms with Gasteiger partial charge < -0.3 is 11.5 Å². The van der Waals surface area contributed by atoms with E-state index in [1.165, 1.54) is 10.6 Å². The van der Waals surface area contributed by atoms with Crippen molar-refractivity contribution >= 4 is 22.8 Å². The topological polar surface area (TPSA) is 126 Å². The SMILES string of the molecule is CCn1c(=O)c2cc(C(N)=O)c(N)nc2n(C2CC2)c1=O. The number of hydrogen-bond acceptors (Lipinski definition) is 5. The van der Waals surface area contributed by atoms with Crippen LogP contribution < -0.4 is 22.7 Å². The molecule has 0 radical (unpaired) electrons. The summed E-state index contributed by atoms with van der Waals surface area (Å²) in [6, 6.07) is 1.36. The zero-order valence-electron chi connectivity index (χ0n) is 11.5. The predicted molar refractivity (Wildman–Crippen MR) is 77.1 cm³/mol. The first-order valence-electron chi connectivity index (χ1n) is 6.71. The fourth-order valence-corrected chi connectivity index (χ4v) is 2.45. The molecule has 0 saturated heterocycles. The van der Waals surface area contributed by atoms with Crippen LogP contribution in [0.5, 0.6) is 0 Å². The molecule has 110 valence electrons. The van der Waals surface area contributed by atoms with Crippen molar-refractivity contribution in [3.05, 3.63) is 32.5 Å². The molecule has 1 saturated carbocycles. The third-order valence-electron chi connectivity index (χ3n) is 3.67. The average Bonchev–Trinajstić information content (AvgIpc) is 3.23. The Labute approximate surface area is 119 Å². The molecule has 1 aliphatic carbocycles. The number of nitrogen functional groups attached to an aromatic ring is 1. The van der Waals surface area contributed by atoms with Crippen LogP contribution >= 0.6 is 0 Å². The van der Waals surface area contributed by atoms with Crippen LogP contribution in [0.4, 0.5) is 5.82 Å². The molecule has 8 nitrogen and oxygen atoms in total. The number of carbonyl (C=O) groups is 1. The molecule has 0 spiro atoms. The lowest BCUT2D eigenvalue weighted by molar-refractivity contribution is 0.100. The van der Waals surface area contributed by atoms with Gasteiger partial charge in [-0.1, -0.05) is 0 Å². The highest BCUT2D eigenvalue weighted by atomic mass is 16.2. The minimum absolute atomic E-state index is 0.0109. The molecule has 1 aliphatic rings. The standard InChI is InChI=1S/C13H15N5O3/c1-2-17-12(20)8-5-7(10(15)19)9(14)16-11(8)18(13(17)21)6-3-4-6/h5-6H,2-4H2,1H3,(H2,14,16)(H2,15,19). The lowest BCUT2D eigenvalue weighted by Gasteiger charge is -2.13. The molecule has 2 heterocycles. The molecule has 3 rings (SSSR count). The Morgan fingerprint density at radius 1 is 1.43 bits per heavy atom. The van der Waals surface area contributed by atoms with Crippen LogP contribution in [0.25, 0.3) is 11.0 Å². The highest BCUT2D eigenvalue weighted by molar-refractivity contribution is 6.00. The first-order valence-corrected chi connectivity index (χ1v) is 6.71. The number of pyridine rings is 1. The first-order chi connectivity index (χ1) is 9.95. The largest absolute Gasteiger partial charge is 0.383 e. The van der Waals surface area contributed by atoms with Crippen LogP contribution in [0.2, 0.25) is 0 Å². The summed E-state index contributed by atoms with van der Waals surface area (Å²) < 4.78 is 2.62. The molecule has 0 atom stereocenters. The van der Waals surface area contributed by atoms with Crippen molar-refractivity contribution in [2.75, 3.05) is 5.73 Å². The van der Waals surface area contributed by atoms with Crippen molar-refractivity contribution in [3.8, 4) is 0 Å². The van der Waals surface area contributed by atoms with E-state index >= 15 is 0 Å². The number of aromatic nitrogens is 3. The number of rotatable bonds is 3. The normalized spacial score (nSPS) is 14.5. The molecule has 21 heavy (non-hydrogen) atoms. The molecule has 0 unspecified atom stereocenters. The number of primary amides is 1. The monoisotopic (exact) mass is 289 g/mol. The van der Waals surface area contributed by atoms with E-state index in [0.717, 1.165) is 17.4 Å². The summed E-state index contributed by atoms with van der Waals surface area (Å²) in [5.74, 6) is -0.828. The van der Waals surface area contributed by atoms with E-state index in [1.807, 2.05) is 0 Å². The predicted octanol–water partition coefficient (Wildman–Crippen LogP) is -0.406. The van der Waals surface area contributed by atoms with Gasteiger partial charge in [0.05, 0.1) is 10.9 Å². The van der Waals surface area contributed by atoms with Gasteiger partial charge in [-0.05, 0) is 25.8 Å². The molecular weight excluding hydrogens is 274 g/mol. The molecule has 2 aromatic rings. The van der Waals surface area contributed by atoms with Gasteiger partial charge in [-0.3, -0.25) is 18.7 Å². The van der Waals surface area contributed by atoms with Gasteiger partial charge in [0.25, 0.3) is 11.5 Å². The summed E-state index contributed by atoms with van der Waals surface area (Å²) in [6.07, 6.45) is 1.71. The van der Waals surface area contributed by atoms with Crippen molar-refractivity contribution in [1.29, 1.82) is 0 Å². The zero-order chi connectivity index (χ0) is 15.3. The van der Waals surface area contributed by atoms with Crippen molar-refractivity contribution in [2.45, 2.75) is 32.4 Å². The zero-order valence-corrected chi connectivity index (χ0v) is 11.5. The van der Waals surface area contributed by atoms with Gasteiger partial charge in [-0.2, -0.15) is 0 Å². The average molecular weight is 289 g/mol. The molecule has 1 fully saturated rings. The summed E-state index contributed by atoms with van der Waals surface area (Å²) in [5, 5.41) is 0.186. The number of hydrogen-bond donors (Lipinski definition) is 2. The second-order valence-corrected chi connectivity index (χ2v) is 5.09. The minimum atomic E-state index is -0.756. The maximum Gasteiger partial charge on any atom is 0.332 e. The fourth-order valence-electron chi connectivity index (χ4n) is 2.45. The fraction of sp³-hybridized carbons (Fsp3) is 0.385. The lowest BCUT2D eigenvalue weighted by Crippen LogP contribution is -2.40. The van der Waals surface area contributed by atoms with E-state index in [1.54, 1.807) is 6.92 Å². The van der Waals surface area contributed by atoms with Crippen molar-refractivity contribution in [2.24, 2.45) is 5.73 Å². The highest BCUT2D eigenvalue weighted by Gasteiger charge is 2.29. The number of nitrogens with two attached hydrogens (primary N) is 2.